The van der Waals surface area contributed by atoms with Gasteiger partial charge in [0.15, 0.2) is 5.78 Å². The molecule has 5 nitrogen and oxygen atoms in total. The summed E-state index contributed by atoms with van der Waals surface area (Å²) in [6, 6.07) is 3.73. The van der Waals surface area contributed by atoms with Gasteiger partial charge in [-0.1, -0.05) is 6.92 Å². The summed E-state index contributed by atoms with van der Waals surface area (Å²) >= 11 is 1.55. The van der Waals surface area contributed by atoms with Crippen LogP contribution in [0, 0.1) is 29.1 Å². The number of carbonyl (C=O) groups excluding carboxylic acids is 2. The number of hydrogen-bond acceptors (Lipinski definition) is 4. The molecule has 28 heavy (non-hydrogen) atoms. The molecule has 0 heterocycles. The Kier molecular flexibility index (Phi) is 5.24. The van der Waals surface area contributed by atoms with Gasteiger partial charge in [-0.2, -0.15) is 8.42 Å². The van der Waals surface area contributed by atoms with E-state index in [1.54, 1.807) is 22.6 Å². The molecule has 5 rings (SSSR count). The van der Waals surface area contributed by atoms with Crippen LogP contribution in [0.15, 0.2) is 23.1 Å². The summed E-state index contributed by atoms with van der Waals surface area (Å²) < 4.78 is 32.1. The smallest absolute Gasteiger partial charge is 0.294 e. The second kappa shape index (κ2) is 7.16. The monoisotopic (exact) mass is 516 g/mol. The molecule has 1 aromatic carbocycles. The Balaban J connectivity index is 1.54. The number of hydrogen-bond donors (Lipinski definition) is 1. The molecule has 0 radical (unpaired) electrons. The van der Waals surface area contributed by atoms with Crippen LogP contribution in [0.5, 0.6) is 0 Å². The first-order valence-electron chi connectivity index (χ1n) is 9.92. The van der Waals surface area contributed by atoms with E-state index in [1.807, 2.05) is 0 Å². The molecule has 0 saturated heterocycles. The maximum Gasteiger partial charge on any atom is 0.294 e. The maximum atomic E-state index is 12.9. The SMILES string of the molecule is CC1(CCC(=O)c2cc(C(=O)I)cc(S(=O)(=O)O)c2)C2CC3CC(C2)CC1C3. The zero-order valence-corrected chi connectivity index (χ0v) is 18.8. The van der Waals surface area contributed by atoms with Gasteiger partial charge in [-0.25, -0.2) is 0 Å². The minimum absolute atomic E-state index is 0.111. The maximum absolute atomic E-state index is 12.9. The van der Waals surface area contributed by atoms with Gasteiger partial charge in [0.25, 0.3) is 10.1 Å². The van der Waals surface area contributed by atoms with Crippen molar-refractivity contribution in [3.05, 3.63) is 29.3 Å². The van der Waals surface area contributed by atoms with E-state index in [0.717, 1.165) is 24.3 Å². The minimum Gasteiger partial charge on any atom is -0.294 e. The summed E-state index contributed by atoms with van der Waals surface area (Å²) in [5.74, 6) is 2.95. The Morgan fingerprint density at radius 2 is 1.57 bits per heavy atom. The van der Waals surface area contributed by atoms with E-state index < -0.39 is 15.0 Å². The van der Waals surface area contributed by atoms with Crippen molar-refractivity contribution in [3.8, 4) is 0 Å². The Morgan fingerprint density at radius 1 is 1.04 bits per heavy atom. The fraction of sp³-hybridized carbons (Fsp3) is 0.619. The zero-order valence-electron chi connectivity index (χ0n) is 15.9. The lowest BCUT2D eigenvalue weighted by Gasteiger charge is -2.60. The first kappa shape index (κ1) is 20.5. The fourth-order valence-corrected chi connectivity index (χ4v) is 7.08. The summed E-state index contributed by atoms with van der Waals surface area (Å²) in [5, 5.41) is 0. The van der Waals surface area contributed by atoms with Gasteiger partial charge in [-0.05, 0) is 85.8 Å². The van der Waals surface area contributed by atoms with Crippen molar-refractivity contribution in [2.45, 2.75) is 56.8 Å². The van der Waals surface area contributed by atoms with E-state index in [-0.39, 0.29) is 26.1 Å². The third-order valence-electron chi connectivity index (χ3n) is 7.65. The molecule has 152 valence electrons. The summed E-state index contributed by atoms with van der Waals surface area (Å²) in [7, 11) is -4.48. The molecule has 0 aromatic heterocycles. The highest BCUT2D eigenvalue weighted by Crippen LogP contribution is 2.63. The summed E-state index contributed by atoms with van der Waals surface area (Å²) in [4.78, 5) is 24.2. The lowest BCUT2D eigenvalue weighted by Crippen LogP contribution is -2.51. The molecule has 7 heteroatoms. The topological polar surface area (TPSA) is 88.5 Å². The predicted molar refractivity (Wildman–Crippen MR) is 113 cm³/mol. The zero-order chi connectivity index (χ0) is 20.3. The summed E-state index contributed by atoms with van der Waals surface area (Å²) in [5.41, 5.74) is 0.466. The van der Waals surface area contributed by atoms with Crippen molar-refractivity contribution in [1.82, 2.24) is 0 Å². The molecule has 0 spiro atoms. The average Bonchev–Trinajstić information content (AvgIpc) is 2.62. The number of ketones is 1. The number of benzene rings is 1. The quantitative estimate of drug-likeness (QED) is 0.251. The van der Waals surface area contributed by atoms with E-state index in [2.05, 4.69) is 6.92 Å². The minimum atomic E-state index is -4.48. The number of carbonyl (C=O) groups is 2. The second-order valence-corrected chi connectivity index (χ2v) is 11.6. The Hall–Kier alpha value is -0.800. The van der Waals surface area contributed by atoms with Crippen LogP contribution in [-0.4, -0.2) is 22.5 Å². The van der Waals surface area contributed by atoms with Gasteiger partial charge < -0.3 is 0 Å². The second-order valence-electron chi connectivity index (χ2n) is 9.23. The van der Waals surface area contributed by atoms with Crippen molar-refractivity contribution < 1.29 is 22.6 Å². The van der Waals surface area contributed by atoms with Crippen LogP contribution in [0.3, 0.4) is 0 Å². The van der Waals surface area contributed by atoms with Crippen LogP contribution in [-0.2, 0) is 10.1 Å². The van der Waals surface area contributed by atoms with Crippen LogP contribution in [0.4, 0.5) is 0 Å². The van der Waals surface area contributed by atoms with Gasteiger partial charge in [-0.3, -0.25) is 14.1 Å². The Bertz CT molecular complexity index is 908. The van der Waals surface area contributed by atoms with Crippen LogP contribution in [0.25, 0.3) is 0 Å². The average molecular weight is 516 g/mol. The number of Topliss-reactive ketones (excluding diaryl/α,β-unsaturated/α-hetero) is 1. The van der Waals surface area contributed by atoms with Gasteiger partial charge in [0.1, 0.15) is 0 Å². The van der Waals surface area contributed by atoms with E-state index >= 15 is 0 Å². The third-order valence-corrected chi connectivity index (χ3v) is 9.10. The Morgan fingerprint density at radius 3 is 2.07 bits per heavy atom. The molecule has 4 bridgehead atoms. The lowest BCUT2D eigenvalue weighted by atomic mass is 9.45. The standard InChI is InChI=1S/C21H25IO5S/c1-21(16-5-12-4-13(7-16)8-17(21)6-12)3-2-19(23)14-9-15(20(22)24)11-18(10-14)28(25,26)27/h9-13,16-17H,2-8H2,1H3,(H,25,26,27). The molecule has 0 aliphatic heterocycles. The first-order chi connectivity index (χ1) is 13.1. The first-order valence-corrected chi connectivity index (χ1v) is 12.4. The fourth-order valence-electron chi connectivity index (χ4n) is 6.22. The van der Waals surface area contributed by atoms with Gasteiger partial charge >= 0.3 is 0 Å². The number of rotatable bonds is 6. The molecule has 0 amide bonds. The molecule has 0 unspecified atom stereocenters. The highest BCUT2D eigenvalue weighted by molar-refractivity contribution is 14.1. The molecule has 4 aliphatic carbocycles. The van der Waals surface area contributed by atoms with Crippen LogP contribution in [0.2, 0.25) is 0 Å². The molecule has 1 aromatic rings. The third kappa shape index (κ3) is 3.69. The van der Waals surface area contributed by atoms with Crippen molar-refractivity contribution in [2.75, 3.05) is 0 Å². The van der Waals surface area contributed by atoms with E-state index in [9.17, 15) is 22.6 Å². The molecule has 1 N–H and O–H groups in total. The summed E-state index contributed by atoms with van der Waals surface area (Å²) in [6.07, 6.45) is 7.64. The van der Waals surface area contributed by atoms with Crippen LogP contribution >= 0.6 is 22.6 Å². The number of halogens is 1. The molecule has 0 atom stereocenters. The van der Waals surface area contributed by atoms with Gasteiger partial charge in [0, 0.05) is 40.1 Å². The lowest BCUT2D eigenvalue weighted by molar-refractivity contribution is -0.102. The van der Waals surface area contributed by atoms with Crippen molar-refractivity contribution in [2.24, 2.45) is 29.1 Å². The Labute approximate surface area is 179 Å². The molecule has 4 saturated carbocycles. The van der Waals surface area contributed by atoms with E-state index in [4.69, 9.17) is 0 Å². The molecule has 4 fully saturated rings. The molecular weight excluding hydrogens is 491 g/mol. The normalized spacial score (nSPS) is 33.8. The predicted octanol–water partition coefficient (Wildman–Crippen LogP) is 4.93. The molecule has 4 aliphatic rings. The summed E-state index contributed by atoms with van der Waals surface area (Å²) in [6.45, 7) is 2.34. The molecular formula is C21H25IO5S. The van der Waals surface area contributed by atoms with Crippen molar-refractivity contribution in [1.29, 1.82) is 0 Å². The van der Waals surface area contributed by atoms with E-state index in [0.29, 0.717) is 18.3 Å². The van der Waals surface area contributed by atoms with Crippen LogP contribution in [0.1, 0.15) is 72.6 Å². The van der Waals surface area contributed by atoms with Crippen molar-refractivity contribution >= 4 is 42.3 Å². The van der Waals surface area contributed by atoms with Gasteiger partial charge in [-0.15, -0.1) is 0 Å². The van der Waals surface area contributed by atoms with Gasteiger partial charge in [0.2, 0.25) is 3.79 Å². The van der Waals surface area contributed by atoms with Crippen molar-refractivity contribution in [3.63, 3.8) is 0 Å². The largest absolute Gasteiger partial charge is 0.294 e. The van der Waals surface area contributed by atoms with Gasteiger partial charge in [0.05, 0.1) is 4.90 Å². The van der Waals surface area contributed by atoms with Crippen LogP contribution < -0.4 is 0 Å². The highest BCUT2D eigenvalue weighted by Gasteiger charge is 2.54. The highest BCUT2D eigenvalue weighted by atomic mass is 127. The van der Waals surface area contributed by atoms with E-state index in [1.165, 1.54) is 44.2 Å².